The van der Waals surface area contributed by atoms with Gasteiger partial charge in [-0.15, -0.1) is 0 Å². The number of nitrogens with zero attached hydrogens (tertiary/aromatic N) is 1. The van der Waals surface area contributed by atoms with Crippen LogP contribution in [-0.2, 0) is 25.7 Å². The van der Waals surface area contributed by atoms with Crippen molar-refractivity contribution in [2.24, 2.45) is 0 Å². The number of hydrogen-bond donors (Lipinski definition) is 4. The lowest BCUT2D eigenvalue weighted by molar-refractivity contribution is -0.253. The van der Waals surface area contributed by atoms with Gasteiger partial charge in [0.1, 0.15) is 0 Å². The minimum absolute atomic E-state index is 0.00792. The van der Waals surface area contributed by atoms with Crippen molar-refractivity contribution in [3.05, 3.63) is 113 Å². The lowest BCUT2D eigenvalue weighted by Gasteiger charge is -2.39. The van der Waals surface area contributed by atoms with E-state index in [0.29, 0.717) is 31.5 Å². The molecule has 4 N–H and O–H groups in total. The smallest absolute Gasteiger partial charge is 0.243 e. The van der Waals surface area contributed by atoms with Crippen LogP contribution in [0.3, 0.4) is 0 Å². The monoisotopic (exact) mass is 653 g/mol. The van der Waals surface area contributed by atoms with Crippen molar-refractivity contribution in [3.8, 4) is 0 Å². The van der Waals surface area contributed by atoms with Crippen LogP contribution in [0.25, 0.3) is 10.8 Å². The van der Waals surface area contributed by atoms with Crippen molar-refractivity contribution in [1.29, 1.82) is 0 Å². The van der Waals surface area contributed by atoms with E-state index < -0.39 is 6.29 Å². The first-order chi connectivity index (χ1) is 23.3. The molecule has 1 aliphatic heterocycles. The molecule has 1 saturated heterocycles. The number of likely N-dealkylation sites (N-methyl/N-ethyl adjacent to an activating group) is 1. The number of amides is 2. The second kappa shape index (κ2) is 17.3. The minimum Gasteiger partial charge on any atom is -0.392 e. The highest BCUT2D eigenvalue weighted by molar-refractivity contribution is 5.90. The number of fused-ring (bicyclic) bond motifs is 1. The number of aliphatic hydroxyl groups is 1. The Balaban J connectivity index is 1.22. The molecule has 0 aliphatic carbocycles. The van der Waals surface area contributed by atoms with Gasteiger partial charge < -0.3 is 19.9 Å². The summed E-state index contributed by atoms with van der Waals surface area (Å²) >= 11 is 0. The first-order valence-corrected chi connectivity index (χ1v) is 16.8. The molecule has 0 saturated carbocycles. The standard InChI is InChI=1S/C39H47N3O6/c1-27(32-18-17-29-9-7-8-10-33(29)23-32)42(2)25-35-24-36(30-15-13-28(26-43)14-16-30)48-39(47-35)31-19-21-34(22-20-31)40-37(44)11-5-3-4-6-12-38(45)41-46/h7-10,13-23,27,35-36,39,43,46H,3-6,11-12,24-26H2,1-2H3,(H,40,44)(H,41,45)/t27-,35+,36-,39-/m1/s1. The third kappa shape index (κ3) is 9.71. The Hall–Kier alpha value is -4.12. The van der Waals surface area contributed by atoms with Gasteiger partial charge >= 0.3 is 0 Å². The van der Waals surface area contributed by atoms with Crippen LogP contribution in [0.15, 0.2) is 91.0 Å². The van der Waals surface area contributed by atoms with Crippen LogP contribution < -0.4 is 10.8 Å². The molecule has 9 nitrogen and oxygen atoms in total. The number of aliphatic hydroxyl groups excluding tert-OH is 1. The second-order valence-electron chi connectivity index (χ2n) is 12.7. The van der Waals surface area contributed by atoms with E-state index in [1.807, 2.05) is 48.5 Å². The van der Waals surface area contributed by atoms with E-state index >= 15 is 0 Å². The quantitative estimate of drug-likeness (QED) is 0.0601. The second-order valence-corrected chi connectivity index (χ2v) is 12.7. The highest BCUT2D eigenvalue weighted by atomic mass is 16.7. The molecule has 1 fully saturated rings. The van der Waals surface area contributed by atoms with E-state index in [1.54, 1.807) is 5.48 Å². The lowest BCUT2D eigenvalue weighted by Crippen LogP contribution is -2.38. The fraction of sp³-hybridized carbons (Fsp3) is 0.385. The Morgan fingerprint density at radius 1 is 0.833 bits per heavy atom. The zero-order valence-electron chi connectivity index (χ0n) is 27.8. The number of hydrogen-bond acceptors (Lipinski definition) is 7. The average Bonchev–Trinajstić information content (AvgIpc) is 3.12. The Morgan fingerprint density at radius 2 is 1.50 bits per heavy atom. The summed E-state index contributed by atoms with van der Waals surface area (Å²) in [5, 5.41) is 23.5. The first-order valence-electron chi connectivity index (χ1n) is 16.8. The number of carbonyl (C=O) groups excluding carboxylic acids is 2. The maximum absolute atomic E-state index is 12.5. The Labute approximate surface area is 282 Å². The van der Waals surface area contributed by atoms with Crippen molar-refractivity contribution in [2.45, 2.75) is 83.0 Å². The molecule has 0 bridgehead atoms. The maximum Gasteiger partial charge on any atom is 0.243 e. The number of anilines is 1. The highest BCUT2D eigenvalue weighted by Crippen LogP contribution is 2.39. The summed E-state index contributed by atoms with van der Waals surface area (Å²) < 4.78 is 13.1. The summed E-state index contributed by atoms with van der Waals surface area (Å²) in [6, 6.07) is 30.7. The van der Waals surface area contributed by atoms with Gasteiger partial charge in [-0.2, -0.15) is 0 Å². The summed E-state index contributed by atoms with van der Waals surface area (Å²) in [6.45, 7) is 2.92. The van der Waals surface area contributed by atoms with Crippen molar-refractivity contribution in [3.63, 3.8) is 0 Å². The molecule has 48 heavy (non-hydrogen) atoms. The SMILES string of the molecule is C[C@H](c1ccc2ccccc2c1)N(C)C[C@@H]1C[C@H](c2ccc(CO)cc2)O[C@H](c2ccc(NC(=O)CCCCCCC(=O)NO)cc2)O1. The molecule has 0 aromatic heterocycles. The van der Waals surface area contributed by atoms with Crippen LogP contribution >= 0.6 is 0 Å². The van der Waals surface area contributed by atoms with Crippen molar-refractivity contribution < 1.29 is 29.4 Å². The first kappa shape index (κ1) is 35.2. The van der Waals surface area contributed by atoms with Gasteiger partial charge in [0, 0.05) is 43.1 Å². The average molecular weight is 654 g/mol. The molecule has 4 aromatic rings. The summed E-state index contributed by atoms with van der Waals surface area (Å²) in [6.07, 6.45) is 3.54. The third-order valence-electron chi connectivity index (χ3n) is 9.17. The molecule has 254 valence electrons. The van der Waals surface area contributed by atoms with Crippen LogP contribution in [-0.4, -0.2) is 46.7 Å². The fourth-order valence-electron chi connectivity index (χ4n) is 6.16. The van der Waals surface area contributed by atoms with Gasteiger partial charge in [-0.3, -0.25) is 19.7 Å². The van der Waals surface area contributed by atoms with E-state index in [1.165, 1.54) is 16.3 Å². The van der Waals surface area contributed by atoms with Gasteiger partial charge in [-0.1, -0.05) is 85.6 Å². The van der Waals surface area contributed by atoms with Gasteiger partial charge in [0.25, 0.3) is 0 Å². The lowest BCUT2D eigenvalue weighted by atomic mass is 9.98. The Morgan fingerprint density at radius 3 is 2.19 bits per heavy atom. The van der Waals surface area contributed by atoms with Crippen molar-refractivity contribution in [1.82, 2.24) is 10.4 Å². The molecule has 4 aromatic carbocycles. The van der Waals surface area contributed by atoms with E-state index in [-0.39, 0.29) is 43.1 Å². The van der Waals surface area contributed by atoms with Gasteiger partial charge in [0.2, 0.25) is 11.8 Å². The van der Waals surface area contributed by atoms with Crippen LogP contribution in [0, 0.1) is 0 Å². The van der Waals surface area contributed by atoms with Crippen molar-refractivity contribution >= 4 is 28.3 Å². The molecule has 0 spiro atoms. The molecular formula is C39H47N3O6. The number of carbonyl (C=O) groups is 2. The Kier molecular flexibility index (Phi) is 12.7. The van der Waals surface area contributed by atoms with Gasteiger partial charge in [0.05, 0.1) is 18.8 Å². The van der Waals surface area contributed by atoms with Crippen LogP contribution in [0.5, 0.6) is 0 Å². The van der Waals surface area contributed by atoms with Crippen LogP contribution in [0.1, 0.15) is 92.6 Å². The van der Waals surface area contributed by atoms with Crippen LogP contribution in [0.4, 0.5) is 5.69 Å². The number of hydroxylamine groups is 1. The van der Waals surface area contributed by atoms with Gasteiger partial charge in [0.15, 0.2) is 6.29 Å². The molecule has 0 radical (unpaired) electrons. The van der Waals surface area contributed by atoms with E-state index in [9.17, 15) is 14.7 Å². The number of unbranched alkanes of at least 4 members (excludes halogenated alkanes) is 3. The summed E-state index contributed by atoms with van der Waals surface area (Å²) in [7, 11) is 2.13. The topological polar surface area (TPSA) is 120 Å². The third-order valence-corrected chi connectivity index (χ3v) is 9.17. The molecule has 1 aliphatic rings. The zero-order chi connectivity index (χ0) is 33.9. The zero-order valence-corrected chi connectivity index (χ0v) is 27.8. The molecule has 0 unspecified atom stereocenters. The number of benzene rings is 4. The predicted molar refractivity (Wildman–Crippen MR) is 186 cm³/mol. The summed E-state index contributed by atoms with van der Waals surface area (Å²) in [5.41, 5.74) is 6.35. The largest absolute Gasteiger partial charge is 0.392 e. The van der Waals surface area contributed by atoms with E-state index in [4.69, 9.17) is 14.7 Å². The molecule has 1 heterocycles. The molecule has 4 atom stereocenters. The number of ether oxygens (including phenoxy) is 2. The van der Waals surface area contributed by atoms with E-state index in [0.717, 1.165) is 36.0 Å². The van der Waals surface area contributed by atoms with E-state index in [2.05, 4.69) is 66.7 Å². The number of rotatable bonds is 15. The summed E-state index contributed by atoms with van der Waals surface area (Å²) in [4.78, 5) is 25.9. The fourth-order valence-corrected chi connectivity index (χ4v) is 6.16. The summed E-state index contributed by atoms with van der Waals surface area (Å²) in [5.74, 6) is -0.446. The van der Waals surface area contributed by atoms with Gasteiger partial charge in [-0.25, -0.2) is 5.48 Å². The molecule has 9 heteroatoms. The Bertz CT molecular complexity index is 1630. The normalized spacial score (nSPS) is 18.5. The predicted octanol–water partition coefficient (Wildman–Crippen LogP) is 7.36. The van der Waals surface area contributed by atoms with Crippen LogP contribution in [0.2, 0.25) is 0 Å². The minimum atomic E-state index is -0.590. The molecule has 2 amide bonds. The van der Waals surface area contributed by atoms with Gasteiger partial charge in [-0.05, 0) is 72.5 Å². The number of nitrogens with one attached hydrogen (secondary N) is 2. The highest BCUT2D eigenvalue weighted by Gasteiger charge is 2.33. The molecular weight excluding hydrogens is 606 g/mol. The van der Waals surface area contributed by atoms with Crippen molar-refractivity contribution in [2.75, 3.05) is 18.9 Å². The molecule has 5 rings (SSSR count). The maximum atomic E-state index is 12.5.